The number of benzene rings is 1. The molecule has 0 radical (unpaired) electrons. The van der Waals surface area contributed by atoms with Crippen LogP contribution in [-0.4, -0.2) is 12.6 Å². The maximum atomic E-state index is 3.76. The number of hydrogen-bond acceptors (Lipinski definition) is 1. The van der Waals surface area contributed by atoms with Crippen molar-refractivity contribution in [3.05, 3.63) is 54.6 Å². The molecule has 1 aromatic carbocycles. The summed E-state index contributed by atoms with van der Waals surface area (Å²) < 4.78 is 0. The van der Waals surface area contributed by atoms with Crippen molar-refractivity contribution in [3.63, 3.8) is 0 Å². The highest BCUT2D eigenvalue weighted by Gasteiger charge is 2.17. The quantitative estimate of drug-likeness (QED) is 0.756. The molecule has 0 bridgehead atoms. The van der Waals surface area contributed by atoms with Crippen LogP contribution in [0.25, 0.3) is 5.57 Å². The lowest BCUT2D eigenvalue weighted by molar-refractivity contribution is 0.562. The molecule has 1 aliphatic carbocycles. The molecule has 1 atom stereocenters. The first kappa shape index (κ1) is 11.2. The van der Waals surface area contributed by atoms with Gasteiger partial charge in [-0.2, -0.15) is 0 Å². The van der Waals surface area contributed by atoms with Gasteiger partial charge in [0.1, 0.15) is 0 Å². The molecule has 2 rings (SSSR count). The molecule has 1 unspecified atom stereocenters. The van der Waals surface area contributed by atoms with Gasteiger partial charge in [0.25, 0.3) is 0 Å². The zero-order chi connectivity index (χ0) is 11.2. The van der Waals surface area contributed by atoms with Crippen LogP contribution in [0.4, 0.5) is 0 Å². The Hall–Kier alpha value is -1.34. The molecule has 0 fully saturated rings. The van der Waals surface area contributed by atoms with Crippen LogP contribution >= 0.6 is 0 Å². The van der Waals surface area contributed by atoms with Crippen molar-refractivity contribution in [2.75, 3.05) is 6.54 Å². The maximum Gasteiger partial charge on any atom is 0.0325 e. The molecule has 16 heavy (non-hydrogen) atoms. The van der Waals surface area contributed by atoms with Gasteiger partial charge in [0.15, 0.2) is 0 Å². The number of rotatable bonds is 4. The molecule has 0 saturated heterocycles. The van der Waals surface area contributed by atoms with Crippen molar-refractivity contribution in [1.29, 1.82) is 0 Å². The Morgan fingerprint density at radius 1 is 1.31 bits per heavy atom. The van der Waals surface area contributed by atoms with E-state index in [1.165, 1.54) is 30.4 Å². The minimum atomic E-state index is 0.495. The van der Waals surface area contributed by atoms with Crippen molar-refractivity contribution in [2.45, 2.75) is 25.3 Å². The van der Waals surface area contributed by atoms with Crippen LogP contribution in [0.2, 0.25) is 0 Å². The van der Waals surface area contributed by atoms with E-state index in [0.717, 1.165) is 6.54 Å². The van der Waals surface area contributed by atoms with Crippen molar-refractivity contribution < 1.29 is 0 Å². The molecule has 1 aliphatic rings. The van der Waals surface area contributed by atoms with Gasteiger partial charge in [-0.05, 0) is 30.4 Å². The average Bonchev–Trinajstić information content (AvgIpc) is 2.38. The smallest absolute Gasteiger partial charge is 0.0325 e. The van der Waals surface area contributed by atoms with Gasteiger partial charge in [-0.3, -0.25) is 0 Å². The van der Waals surface area contributed by atoms with Gasteiger partial charge in [0.05, 0.1) is 0 Å². The normalized spacial score (nSPS) is 20.2. The Bertz CT molecular complexity index is 364. The summed E-state index contributed by atoms with van der Waals surface area (Å²) in [6.07, 6.45) is 8.02. The van der Waals surface area contributed by atoms with Crippen LogP contribution in [0.3, 0.4) is 0 Å². The fourth-order valence-electron chi connectivity index (χ4n) is 2.26. The molecule has 84 valence electrons. The van der Waals surface area contributed by atoms with E-state index in [1.807, 2.05) is 6.08 Å². The average molecular weight is 213 g/mol. The Kier molecular flexibility index (Phi) is 3.95. The van der Waals surface area contributed by atoms with Crippen LogP contribution in [0, 0.1) is 0 Å². The van der Waals surface area contributed by atoms with Gasteiger partial charge in [-0.1, -0.05) is 42.5 Å². The van der Waals surface area contributed by atoms with Crippen LogP contribution in [0.1, 0.15) is 24.8 Å². The summed E-state index contributed by atoms with van der Waals surface area (Å²) in [6, 6.07) is 11.2. The Morgan fingerprint density at radius 3 is 2.88 bits per heavy atom. The van der Waals surface area contributed by atoms with Gasteiger partial charge >= 0.3 is 0 Å². The van der Waals surface area contributed by atoms with E-state index in [9.17, 15) is 0 Å². The SMILES string of the molecule is C=CCNC1CCCC=C1c1ccccc1. The molecule has 1 N–H and O–H groups in total. The molecule has 0 saturated carbocycles. The molecule has 0 aliphatic heterocycles. The Morgan fingerprint density at radius 2 is 2.12 bits per heavy atom. The number of nitrogens with one attached hydrogen (secondary N) is 1. The molecular weight excluding hydrogens is 194 g/mol. The summed E-state index contributed by atoms with van der Waals surface area (Å²) in [5.41, 5.74) is 2.80. The van der Waals surface area contributed by atoms with Gasteiger partial charge in [0, 0.05) is 12.6 Å². The Balaban J connectivity index is 2.16. The lowest BCUT2D eigenvalue weighted by Gasteiger charge is -2.25. The zero-order valence-corrected chi connectivity index (χ0v) is 9.65. The topological polar surface area (TPSA) is 12.0 Å². The molecule has 0 amide bonds. The fourth-order valence-corrected chi connectivity index (χ4v) is 2.26. The largest absolute Gasteiger partial charge is 0.306 e. The van der Waals surface area contributed by atoms with Gasteiger partial charge in [0.2, 0.25) is 0 Å². The second-order valence-electron chi connectivity index (χ2n) is 4.21. The van der Waals surface area contributed by atoms with Crippen LogP contribution in [0.5, 0.6) is 0 Å². The minimum absolute atomic E-state index is 0.495. The summed E-state index contributed by atoms with van der Waals surface area (Å²) in [5.74, 6) is 0. The van der Waals surface area contributed by atoms with Crippen molar-refractivity contribution in [2.24, 2.45) is 0 Å². The third-order valence-electron chi connectivity index (χ3n) is 3.05. The molecular formula is C15H19N. The van der Waals surface area contributed by atoms with E-state index in [0.29, 0.717) is 6.04 Å². The molecule has 1 aromatic rings. The minimum Gasteiger partial charge on any atom is -0.306 e. The highest BCUT2D eigenvalue weighted by atomic mass is 14.9. The molecule has 1 heteroatoms. The van der Waals surface area contributed by atoms with E-state index in [1.54, 1.807) is 0 Å². The van der Waals surface area contributed by atoms with Gasteiger partial charge in [-0.25, -0.2) is 0 Å². The van der Waals surface area contributed by atoms with Crippen LogP contribution in [-0.2, 0) is 0 Å². The standard InChI is InChI=1S/C15H19N/c1-2-12-16-15-11-7-6-10-14(15)13-8-4-3-5-9-13/h2-5,8-10,15-16H,1,6-7,11-12H2. The first-order chi connectivity index (χ1) is 7.92. The zero-order valence-electron chi connectivity index (χ0n) is 9.65. The summed E-state index contributed by atoms with van der Waals surface area (Å²) in [5, 5.41) is 3.53. The van der Waals surface area contributed by atoms with E-state index in [4.69, 9.17) is 0 Å². The summed E-state index contributed by atoms with van der Waals surface area (Å²) >= 11 is 0. The third kappa shape index (κ3) is 2.61. The fraction of sp³-hybridized carbons (Fsp3) is 0.333. The lowest BCUT2D eigenvalue weighted by Crippen LogP contribution is -2.31. The summed E-state index contributed by atoms with van der Waals surface area (Å²) in [7, 11) is 0. The van der Waals surface area contributed by atoms with Gasteiger partial charge in [-0.15, -0.1) is 6.58 Å². The molecule has 0 spiro atoms. The Labute approximate surface area is 97.9 Å². The number of allylic oxidation sites excluding steroid dienone is 1. The predicted octanol–water partition coefficient (Wildman–Crippen LogP) is 3.40. The molecule has 0 aromatic heterocycles. The van der Waals surface area contributed by atoms with E-state index >= 15 is 0 Å². The second kappa shape index (κ2) is 5.66. The van der Waals surface area contributed by atoms with Crippen LogP contribution in [0.15, 0.2) is 49.1 Å². The van der Waals surface area contributed by atoms with E-state index in [2.05, 4.69) is 48.3 Å². The maximum absolute atomic E-state index is 3.76. The first-order valence-corrected chi connectivity index (χ1v) is 6.01. The van der Waals surface area contributed by atoms with Crippen LogP contribution < -0.4 is 5.32 Å². The predicted molar refractivity (Wildman–Crippen MR) is 70.3 cm³/mol. The highest BCUT2D eigenvalue weighted by molar-refractivity contribution is 5.70. The lowest BCUT2D eigenvalue weighted by atomic mass is 9.89. The van der Waals surface area contributed by atoms with Crippen molar-refractivity contribution >= 4 is 5.57 Å². The van der Waals surface area contributed by atoms with Gasteiger partial charge < -0.3 is 5.32 Å². The monoisotopic (exact) mass is 213 g/mol. The van der Waals surface area contributed by atoms with E-state index < -0.39 is 0 Å². The van der Waals surface area contributed by atoms with Crippen molar-refractivity contribution in [3.8, 4) is 0 Å². The first-order valence-electron chi connectivity index (χ1n) is 6.01. The van der Waals surface area contributed by atoms with E-state index in [-0.39, 0.29) is 0 Å². The molecule has 0 heterocycles. The second-order valence-corrected chi connectivity index (χ2v) is 4.21. The molecule has 1 nitrogen and oxygen atoms in total. The summed E-state index contributed by atoms with van der Waals surface area (Å²) in [4.78, 5) is 0. The summed E-state index contributed by atoms with van der Waals surface area (Å²) in [6.45, 7) is 4.64. The number of hydrogen-bond donors (Lipinski definition) is 1. The highest BCUT2D eigenvalue weighted by Crippen LogP contribution is 2.26. The third-order valence-corrected chi connectivity index (χ3v) is 3.05. The van der Waals surface area contributed by atoms with Crippen molar-refractivity contribution in [1.82, 2.24) is 5.32 Å².